The molecule has 0 amide bonds. The van der Waals surface area contributed by atoms with Crippen LogP contribution >= 0.6 is 0 Å². The molecule has 2 N–H and O–H groups in total. The van der Waals surface area contributed by atoms with E-state index in [0.717, 1.165) is 29.2 Å². The summed E-state index contributed by atoms with van der Waals surface area (Å²) in [4.78, 5) is 7.84. The molecule has 0 atom stereocenters. The van der Waals surface area contributed by atoms with Crippen molar-refractivity contribution in [2.24, 2.45) is 0 Å². The molecule has 0 saturated heterocycles. The second-order valence-corrected chi connectivity index (χ2v) is 4.70. The summed E-state index contributed by atoms with van der Waals surface area (Å²) >= 11 is 0. The van der Waals surface area contributed by atoms with E-state index < -0.39 is 0 Å². The van der Waals surface area contributed by atoms with E-state index in [9.17, 15) is 5.11 Å². The minimum Gasteiger partial charge on any atom is -0.390 e. The quantitative estimate of drug-likeness (QED) is 0.760. The van der Waals surface area contributed by atoms with E-state index in [1.807, 2.05) is 48.5 Å². The molecule has 1 aromatic heterocycles. The number of aromatic amines is 1. The lowest BCUT2D eigenvalue weighted by atomic mass is 10.1. The molecule has 0 unspecified atom stereocenters. The summed E-state index contributed by atoms with van der Waals surface area (Å²) in [5.41, 5.74) is 3.90. The highest BCUT2D eigenvalue weighted by molar-refractivity contribution is 5.55. The molecule has 0 saturated carbocycles. The van der Waals surface area contributed by atoms with Crippen LogP contribution in [0.4, 0.5) is 0 Å². The van der Waals surface area contributed by atoms with Crippen molar-refractivity contribution in [3.63, 3.8) is 0 Å². The molecular formula is C17H16N2O. The number of nitrogens with zero attached hydrogens (tertiary/aromatic N) is 1. The Kier molecular flexibility index (Phi) is 3.61. The summed E-state index contributed by atoms with van der Waals surface area (Å²) in [6.07, 6.45) is 0.722. The number of nitrogens with one attached hydrogen (secondary N) is 1. The van der Waals surface area contributed by atoms with Crippen molar-refractivity contribution in [3.8, 4) is 11.4 Å². The standard InChI is InChI=1S/C17H16N2O/c20-12-16-15(11-13-7-3-1-4-8-13)18-17(19-16)14-9-5-2-6-10-14/h1-10,20H,11-12H2,(H,18,19). The van der Waals surface area contributed by atoms with Crippen molar-refractivity contribution in [1.82, 2.24) is 9.97 Å². The van der Waals surface area contributed by atoms with Gasteiger partial charge in [0.05, 0.1) is 18.0 Å². The molecular weight excluding hydrogens is 248 g/mol. The highest BCUT2D eigenvalue weighted by atomic mass is 16.3. The monoisotopic (exact) mass is 264 g/mol. The summed E-state index contributed by atoms with van der Waals surface area (Å²) in [5.74, 6) is 0.806. The number of benzene rings is 2. The first-order chi connectivity index (χ1) is 9.86. The lowest BCUT2D eigenvalue weighted by Crippen LogP contribution is -1.94. The zero-order valence-corrected chi connectivity index (χ0v) is 11.1. The Hall–Kier alpha value is -2.39. The zero-order chi connectivity index (χ0) is 13.8. The second kappa shape index (κ2) is 5.72. The van der Waals surface area contributed by atoms with Crippen molar-refractivity contribution < 1.29 is 5.11 Å². The largest absolute Gasteiger partial charge is 0.390 e. The van der Waals surface area contributed by atoms with Crippen LogP contribution in [0.15, 0.2) is 60.7 Å². The lowest BCUT2D eigenvalue weighted by Gasteiger charge is -1.99. The minimum absolute atomic E-state index is 0.0258. The molecule has 0 aliphatic heterocycles. The number of hydrogen-bond donors (Lipinski definition) is 2. The van der Waals surface area contributed by atoms with Crippen LogP contribution in [-0.4, -0.2) is 15.1 Å². The van der Waals surface area contributed by atoms with Gasteiger partial charge in [0.25, 0.3) is 0 Å². The van der Waals surface area contributed by atoms with Crippen LogP contribution in [0.2, 0.25) is 0 Å². The first kappa shape index (κ1) is 12.6. The molecule has 0 bridgehead atoms. The number of aliphatic hydroxyl groups excluding tert-OH is 1. The normalized spacial score (nSPS) is 10.7. The van der Waals surface area contributed by atoms with Gasteiger partial charge >= 0.3 is 0 Å². The summed E-state index contributed by atoms with van der Waals surface area (Å²) in [7, 11) is 0. The van der Waals surface area contributed by atoms with E-state index in [4.69, 9.17) is 0 Å². The molecule has 3 aromatic rings. The van der Waals surface area contributed by atoms with Gasteiger partial charge in [-0.1, -0.05) is 60.7 Å². The maximum Gasteiger partial charge on any atom is 0.137 e. The van der Waals surface area contributed by atoms with Gasteiger partial charge in [0.2, 0.25) is 0 Å². The number of aromatic nitrogens is 2. The van der Waals surface area contributed by atoms with Gasteiger partial charge in [0.15, 0.2) is 0 Å². The van der Waals surface area contributed by atoms with Crippen LogP contribution in [0.5, 0.6) is 0 Å². The van der Waals surface area contributed by atoms with Crippen molar-refractivity contribution in [2.45, 2.75) is 13.0 Å². The van der Waals surface area contributed by atoms with E-state index >= 15 is 0 Å². The molecule has 2 aromatic carbocycles. The summed E-state index contributed by atoms with van der Waals surface area (Å²) in [5, 5.41) is 9.49. The van der Waals surface area contributed by atoms with E-state index in [0.29, 0.717) is 0 Å². The highest BCUT2D eigenvalue weighted by Crippen LogP contribution is 2.20. The Morgan fingerprint density at radius 2 is 1.55 bits per heavy atom. The minimum atomic E-state index is -0.0258. The Balaban J connectivity index is 1.93. The molecule has 3 nitrogen and oxygen atoms in total. The third-order valence-corrected chi connectivity index (χ3v) is 3.28. The van der Waals surface area contributed by atoms with Gasteiger partial charge in [-0.25, -0.2) is 4.98 Å². The van der Waals surface area contributed by atoms with Crippen molar-refractivity contribution >= 4 is 0 Å². The zero-order valence-electron chi connectivity index (χ0n) is 11.1. The topological polar surface area (TPSA) is 48.9 Å². The maximum absolute atomic E-state index is 9.49. The van der Waals surface area contributed by atoms with Gasteiger partial charge in [-0.2, -0.15) is 0 Å². The predicted octanol–water partition coefficient (Wildman–Crippen LogP) is 3.16. The maximum atomic E-state index is 9.49. The lowest BCUT2D eigenvalue weighted by molar-refractivity contribution is 0.276. The van der Waals surface area contributed by atoms with Gasteiger partial charge in [0.1, 0.15) is 5.82 Å². The van der Waals surface area contributed by atoms with Crippen molar-refractivity contribution in [3.05, 3.63) is 77.6 Å². The first-order valence-corrected chi connectivity index (χ1v) is 6.65. The number of H-pyrrole nitrogens is 1. The number of rotatable bonds is 4. The van der Waals surface area contributed by atoms with Gasteiger partial charge in [-0.15, -0.1) is 0 Å². The molecule has 20 heavy (non-hydrogen) atoms. The van der Waals surface area contributed by atoms with E-state index in [1.165, 1.54) is 5.56 Å². The van der Waals surface area contributed by atoms with Crippen LogP contribution in [0, 0.1) is 0 Å². The number of hydrogen-bond acceptors (Lipinski definition) is 2. The van der Waals surface area contributed by atoms with E-state index in [-0.39, 0.29) is 6.61 Å². The third-order valence-electron chi connectivity index (χ3n) is 3.28. The molecule has 0 radical (unpaired) electrons. The van der Waals surface area contributed by atoms with E-state index in [2.05, 4.69) is 22.1 Å². The summed E-state index contributed by atoms with van der Waals surface area (Å²) in [6.45, 7) is -0.0258. The SMILES string of the molecule is OCc1[nH]c(-c2ccccc2)nc1Cc1ccccc1. The fourth-order valence-electron chi connectivity index (χ4n) is 2.24. The fraction of sp³-hybridized carbons (Fsp3) is 0.118. The van der Waals surface area contributed by atoms with Crippen LogP contribution in [0.3, 0.4) is 0 Å². The van der Waals surface area contributed by atoms with Gasteiger partial charge in [-0.3, -0.25) is 0 Å². The molecule has 100 valence electrons. The first-order valence-electron chi connectivity index (χ1n) is 6.65. The molecule has 0 spiro atoms. The Morgan fingerprint density at radius 3 is 2.20 bits per heavy atom. The third kappa shape index (κ3) is 2.63. The van der Waals surface area contributed by atoms with Gasteiger partial charge in [0, 0.05) is 12.0 Å². The average molecular weight is 264 g/mol. The Labute approximate surface area is 117 Å². The summed E-state index contributed by atoms with van der Waals surface area (Å²) < 4.78 is 0. The van der Waals surface area contributed by atoms with Crippen molar-refractivity contribution in [2.75, 3.05) is 0 Å². The van der Waals surface area contributed by atoms with E-state index in [1.54, 1.807) is 0 Å². The fourth-order valence-corrected chi connectivity index (χ4v) is 2.24. The Morgan fingerprint density at radius 1 is 0.900 bits per heavy atom. The molecule has 3 rings (SSSR count). The van der Waals surface area contributed by atoms with Gasteiger partial charge < -0.3 is 10.1 Å². The highest BCUT2D eigenvalue weighted by Gasteiger charge is 2.11. The molecule has 0 aliphatic rings. The number of aliphatic hydroxyl groups is 1. The molecule has 1 heterocycles. The van der Waals surface area contributed by atoms with Crippen LogP contribution in [-0.2, 0) is 13.0 Å². The van der Waals surface area contributed by atoms with Crippen LogP contribution in [0.1, 0.15) is 17.0 Å². The Bertz CT molecular complexity index is 675. The average Bonchev–Trinajstić information content (AvgIpc) is 2.92. The predicted molar refractivity (Wildman–Crippen MR) is 79.2 cm³/mol. The molecule has 0 fully saturated rings. The van der Waals surface area contributed by atoms with Crippen LogP contribution < -0.4 is 0 Å². The molecule has 3 heteroatoms. The summed E-state index contributed by atoms with van der Waals surface area (Å²) in [6, 6.07) is 20.1. The van der Waals surface area contributed by atoms with Crippen molar-refractivity contribution in [1.29, 1.82) is 0 Å². The number of imidazole rings is 1. The van der Waals surface area contributed by atoms with Crippen LogP contribution in [0.25, 0.3) is 11.4 Å². The second-order valence-electron chi connectivity index (χ2n) is 4.70. The molecule has 0 aliphatic carbocycles. The smallest absolute Gasteiger partial charge is 0.137 e. The van der Waals surface area contributed by atoms with Gasteiger partial charge in [-0.05, 0) is 5.56 Å².